The van der Waals surface area contributed by atoms with E-state index in [0.29, 0.717) is 0 Å². The lowest BCUT2D eigenvalue weighted by atomic mass is 12.4. The van der Waals surface area contributed by atoms with Crippen molar-refractivity contribution in [1.29, 1.82) is 0 Å². The van der Waals surface area contributed by atoms with Crippen LogP contribution < -0.4 is 11.4 Å². The van der Waals surface area contributed by atoms with Gasteiger partial charge in [-0.3, -0.25) is 5.21 Å². The fourth-order valence-electron chi connectivity index (χ4n) is 0.135. The van der Waals surface area contributed by atoms with E-state index in [1.807, 2.05) is 0 Å². The first-order chi connectivity index (χ1) is 5.41. The Morgan fingerprint density at radius 2 is 1.45 bits per heavy atom. The summed E-state index contributed by atoms with van der Waals surface area (Å²) in [5.74, 6) is 4.54. The van der Waals surface area contributed by atoms with Crippen LogP contribution in [0.1, 0.15) is 0 Å². The third-order valence-electron chi connectivity index (χ3n) is 0.341. The summed E-state index contributed by atoms with van der Waals surface area (Å²) in [5.41, 5.74) is 1.34. The Labute approximate surface area is 59.7 Å². The van der Waals surface area contributed by atoms with Gasteiger partial charge in [-0.25, -0.2) is 0 Å². The monoisotopic (exact) mass is 160 g/mol. The Bertz CT molecular complexity index is 173. The van der Waals surface area contributed by atoms with Crippen molar-refractivity contribution in [3.8, 4) is 0 Å². The van der Waals surface area contributed by atoms with E-state index in [-0.39, 0.29) is 0 Å². The predicted octanol–water partition coefficient (Wildman–Crippen LogP) is 0.308. The molecule has 0 spiro atoms. The van der Waals surface area contributed by atoms with Gasteiger partial charge in [0.2, 0.25) is 0 Å². The molecule has 0 rings (SSSR count). The first-order valence-corrected chi connectivity index (χ1v) is 2.11. The summed E-state index contributed by atoms with van der Waals surface area (Å²) in [6.45, 7) is 0. The Morgan fingerprint density at radius 1 is 0.909 bits per heavy atom. The van der Waals surface area contributed by atoms with Crippen molar-refractivity contribution >= 4 is 0 Å². The van der Waals surface area contributed by atoms with Gasteiger partial charge in [0.15, 0.2) is 0 Å². The molecule has 0 unspecified atom stereocenters. The number of hydrogen-bond acceptors (Lipinski definition) is 3. The highest BCUT2D eigenvalue weighted by Crippen LogP contribution is 1.82. The van der Waals surface area contributed by atoms with E-state index in [4.69, 9.17) is 5.21 Å². The molecule has 0 amide bonds. The SMILES string of the molecule is N/N=N/N=N/N=N/N=N/NO. The van der Waals surface area contributed by atoms with E-state index in [0.717, 1.165) is 0 Å². The largest absolute Gasteiger partial charge is 0.303 e. The van der Waals surface area contributed by atoms with E-state index in [1.54, 1.807) is 0 Å². The molecule has 0 atom stereocenters. The summed E-state index contributed by atoms with van der Waals surface area (Å²) in [4.78, 5) is 0. The molecule has 0 aromatic heterocycles. The quantitative estimate of drug-likeness (QED) is 0.307. The molecule has 0 saturated carbocycles. The average molecular weight is 160 g/mol. The molecule has 0 aliphatic heterocycles. The van der Waals surface area contributed by atoms with Gasteiger partial charge >= 0.3 is 0 Å². The second-order valence-corrected chi connectivity index (χ2v) is 0.852. The van der Waals surface area contributed by atoms with Gasteiger partial charge in [0, 0.05) is 0 Å². The van der Waals surface area contributed by atoms with Gasteiger partial charge in [0.25, 0.3) is 0 Å². The Hall–Kier alpha value is -2.04. The summed E-state index contributed by atoms with van der Waals surface area (Å²) in [6.07, 6.45) is 0. The molecule has 11 nitrogen and oxygen atoms in total. The van der Waals surface area contributed by atoms with E-state index >= 15 is 0 Å². The Kier molecular flexibility index (Phi) is 6.48. The molecule has 11 heteroatoms. The van der Waals surface area contributed by atoms with Crippen molar-refractivity contribution in [2.75, 3.05) is 0 Å². The lowest BCUT2D eigenvalue weighted by Crippen LogP contribution is -1.90. The van der Waals surface area contributed by atoms with Gasteiger partial charge in [-0.15, -0.1) is 0 Å². The molecule has 0 aliphatic carbocycles. The van der Waals surface area contributed by atoms with Crippen molar-refractivity contribution < 1.29 is 5.21 Å². The molecular weight excluding hydrogens is 156 g/mol. The second-order valence-electron chi connectivity index (χ2n) is 0.852. The highest BCUT2D eigenvalue weighted by molar-refractivity contribution is 4.07. The zero-order valence-corrected chi connectivity index (χ0v) is 5.10. The van der Waals surface area contributed by atoms with Crippen LogP contribution in [0.4, 0.5) is 0 Å². The third-order valence-corrected chi connectivity index (χ3v) is 0.341. The highest BCUT2D eigenvalue weighted by atomic mass is 16.5. The summed E-state index contributed by atoms with van der Waals surface area (Å²) in [6, 6.07) is 0. The molecule has 0 aromatic rings. The minimum absolute atomic E-state index is 1.34. The summed E-state index contributed by atoms with van der Waals surface area (Å²) in [5, 5.41) is 30.6. The van der Waals surface area contributed by atoms with Crippen molar-refractivity contribution in [2.24, 2.45) is 47.6 Å². The van der Waals surface area contributed by atoms with E-state index in [1.165, 1.54) is 5.59 Å². The minimum atomic E-state index is 1.34. The normalized spacial score (nSPS) is 12.8. The second kappa shape index (κ2) is 7.96. The maximum absolute atomic E-state index is 7.79. The van der Waals surface area contributed by atoms with Crippen molar-refractivity contribution in [2.45, 2.75) is 0 Å². The first kappa shape index (κ1) is 8.96. The predicted molar refractivity (Wildman–Crippen MR) is 28.5 cm³/mol. The zero-order valence-electron chi connectivity index (χ0n) is 5.10. The van der Waals surface area contributed by atoms with Gasteiger partial charge in [-0.2, -0.15) is 5.59 Å². The van der Waals surface area contributed by atoms with Crippen LogP contribution in [-0.2, 0) is 0 Å². The third kappa shape index (κ3) is 7.96. The van der Waals surface area contributed by atoms with Crippen molar-refractivity contribution in [3.63, 3.8) is 0 Å². The van der Waals surface area contributed by atoms with E-state index < -0.39 is 0 Å². The molecule has 0 heterocycles. The molecule has 11 heavy (non-hydrogen) atoms. The molecule has 0 aromatic carbocycles. The zero-order chi connectivity index (χ0) is 8.36. The van der Waals surface area contributed by atoms with Crippen LogP contribution in [0.25, 0.3) is 0 Å². The fourth-order valence-corrected chi connectivity index (χ4v) is 0.135. The van der Waals surface area contributed by atoms with Crippen LogP contribution in [0.2, 0.25) is 0 Å². The lowest BCUT2D eigenvalue weighted by molar-refractivity contribution is 0.161. The summed E-state index contributed by atoms with van der Waals surface area (Å²) < 4.78 is 0. The fraction of sp³-hybridized carbons (Fsp3) is 0. The van der Waals surface area contributed by atoms with Crippen LogP contribution in [-0.4, -0.2) is 5.21 Å². The molecular formula is H4N10O. The van der Waals surface area contributed by atoms with Gasteiger partial charge in [0.1, 0.15) is 0 Å². The van der Waals surface area contributed by atoms with Crippen LogP contribution in [0.5, 0.6) is 0 Å². The van der Waals surface area contributed by atoms with Gasteiger partial charge in [-0.1, -0.05) is 5.22 Å². The summed E-state index contributed by atoms with van der Waals surface area (Å²) >= 11 is 0. The number of nitrogens with zero attached hydrogens (tertiary/aromatic N) is 8. The van der Waals surface area contributed by atoms with Crippen molar-refractivity contribution in [1.82, 2.24) is 5.59 Å². The maximum atomic E-state index is 7.79. The maximum Gasteiger partial charge on any atom is -0.000000893 e. The molecule has 60 valence electrons. The number of rotatable bonds is 4. The minimum Gasteiger partial charge on any atom is -0.303 e. The highest BCUT2D eigenvalue weighted by Gasteiger charge is 1.65. The number of nitrogens with one attached hydrogen (secondary N) is 1. The average Bonchev–Trinajstić information content (AvgIpc) is 2.03. The topological polar surface area (TPSA) is 157 Å². The van der Waals surface area contributed by atoms with Crippen LogP contribution >= 0.6 is 0 Å². The number of hydrogen-bond donors (Lipinski definition) is 3. The standard InChI is InChI=1S/H4N10O/c1-2-3-4-5-6-7-8-9-10-11/h(H,2,4,6,8,10)(H3,1,3,5,7,9,11). The molecule has 4 N–H and O–H groups in total. The van der Waals surface area contributed by atoms with Crippen molar-refractivity contribution in [3.05, 3.63) is 0 Å². The van der Waals surface area contributed by atoms with Crippen LogP contribution in [0.3, 0.4) is 0 Å². The summed E-state index contributed by atoms with van der Waals surface area (Å²) in [7, 11) is 0. The molecule has 0 saturated heterocycles. The Morgan fingerprint density at radius 3 is 2.00 bits per heavy atom. The van der Waals surface area contributed by atoms with Gasteiger partial charge in [-0.05, 0) is 36.6 Å². The molecule has 0 aliphatic rings. The van der Waals surface area contributed by atoms with E-state index in [9.17, 15) is 0 Å². The van der Waals surface area contributed by atoms with Gasteiger partial charge in [0.05, 0.1) is 0 Å². The smallest absolute Gasteiger partial charge is 0.000000893 e. The molecule has 0 radical (unpaired) electrons. The molecule has 0 bridgehead atoms. The van der Waals surface area contributed by atoms with Gasteiger partial charge < -0.3 is 5.84 Å². The number of nitrogens with two attached hydrogens (primary N) is 1. The van der Waals surface area contributed by atoms with E-state index in [2.05, 4.69) is 47.6 Å². The van der Waals surface area contributed by atoms with Crippen LogP contribution in [0.15, 0.2) is 41.8 Å². The van der Waals surface area contributed by atoms with Crippen LogP contribution in [0, 0.1) is 0 Å². The first-order valence-electron chi connectivity index (χ1n) is 2.11. The Balaban J connectivity index is 3.51. The lowest BCUT2D eigenvalue weighted by Gasteiger charge is -1.73. The molecule has 0 fully saturated rings.